The highest BCUT2D eigenvalue weighted by Gasteiger charge is 2.61. The van der Waals surface area contributed by atoms with Gasteiger partial charge in [0.25, 0.3) is 5.79 Å². The quantitative estimate of drug-likeness (QED) is 0.0109. The Hall–Kier alpha value is -6.19. The third-order valence-electron chi connectivity index (χ3n) is 16.6. The van der Waals surface area contributed by atoms with E-state index in [1.807, 2.05) is 121 Å². The molecule has 8 N–H and O–H groups in total. The second-order valence-corrected chi connectivity index (χ2v) is 23.5. The van der Waals surface area contributed by atoms with Gasteiger partial charge in [-0.2, -0.15) is 0 Å². The zero-order valence-corrected chi connectivity index (χ0v) is 52.9. The first-order valence-electron chi connectivity index (χ1n) is 31.5. The lowest BCUT2D eigenvalue weighted by Crippen LogP contribution is -2.71. The van der Waals surface area contributed by atoms with Crippen molar-refractivity contribution in [3.63, 3.8) is 0 Å². The Morgan fingerprint density at radius 1 is 0.649 bits per heavy atom. The van der Waals surface area contributed by atoms with Gasteiger partial charge in [0, 0.05) is 38.3 Å². The predicted molar refractivity (Wildman–Crippen MR) is 328 cm³/mol. The van der Waals surface area contributed by atoms with Gasteiger partial charge in [-0.05, 0) is 47.6 Å². The monoisotopic (exact) mass is 1320 g/mol. The zero-order valence-electron chi connectivity index (χ0n) is 52.9. The number of carbonyl (C=O) groups is 3. The van der Waals surface area contributed by atoms with Crippen molar-refractivity contribution in [3.05, 3.63) is 154 Å². The van der Waals surface area contributed by atoms with Gasteiger partial charge in [0.15, 0.2) is 18.9 Å². The van der Waals surface area contributed by atoms with Crippen molar-refractivity contribution < 1.29 is 111 Å². The van der Waals surface area contributed by atoms with Crippen molar-refractivity contribution in [2.24, 2.45) is 5.11 Å². The number of amides is 2. The van der Waals surface area contributed by atoms with Gasteiger partial charge in [-0.15, -0.1) is 0 Å². The van der Waals surface area contributed by atoms with Crippen molar-refractivity contribution in [2.45, 2.75) is 208 Å². The lowest BCUT2D eigenvalue weighted by molar-refractivity contribution is -0.393. The molecule has 4 aliphatic rings. The van der Waals surface area contributed by atoms with Gasteiger partial charge >= 0.3 is 5.97 Å². The molecule has 4 heterocycles. The van der Waals surface area contributed by atoms with E-state index >= 15 is 4.39 Å². The second-order valence-electron chi connectivity index (χ2n) is 23.5. The number of rotatable bonds is 34. The summed E-state index contributed by atoms with van der Waals surface area (Å²) >= 11 is 0. The second kappa shape index (κ2) is 36.8. The molecule has 27 nitrogen and oxygen atoms in total. The number of nitrogens with zero attached hydrogens (tertiary/aromatic N) is 3. The summed E-state index contributed by atoms with van der Waals surface area (Å²) in [5, 5.41) is 77.1. The highest BCUT2D eigenvalue weighted by molar-refractivity contribution is 5.78. The van der Waals surface area contributed by atoms with Crippen molar-refractivity contribution in [2.75, 3.05) is 40.1 Å². The Kier molecular flexibility index (Phi) is 28.8. The van der Waals surface area contributed by atoms with Crippen molar-refractivity contribution in [1.82, 2.24) is 10.6 Å². The van der Waals surface area contributed by atoms with E-state index in [4.69, 9.17) is 67.1 Å². The molecule has 94 heavy (non-hydrogen) atoms. The third kappa shape index (κ3) is 20.0. The fourth-order valence-electron chi connectivity index (χ4n) is 11.8. The summed E-state index contributed by atoms with van der Waals surface area (Å²) in [4.78, 5) is 43.2. The number of carbonyl (C=O) groups excluding carboxylic acids is 3. The average molecular weight is 1320 g/mol. The number of ether oxygens (including phenoxy) is 13. The molecule has 4 saturated heterocycles. The number of esters is 1. The molecule has 4 aromatic rings. The van der Waals surface area contributed by atoms with E-state index in [1.54, 1.807) is 6.92 Å². The highest BCUT2D eigenvalue weighted by atomic mass is 19.1. The van der Waals surface area contributed by atoms with E-state index in [9.17, 15) is 45.0 Å². The fraction of sp³-hybridized carbons (Fsp3) is 0.591. The molecular weight excluding hydrogens is 1230 g/mol. The van der Waals surface area contributed by atoms with Crippen LogP contribution in [-0.4, -0.2) is 217 Å². The molecule has 516 valence electrons. The predicted octanol–water partition coefficient (Wildman–Crippen LogP) is 3.63. The number of aliphatic hydroxyl groups excluding tert-OH is 6. The van der Waals surface area contributed by atoms with Gasteiger partial charge in [0.1, 0.15) is 92.1 Å². The number of azide groups is 1. The van der Waals surface area contributed by atoms with Gasteiger partial charge < -0.3 is 103 Å². The standard InChI is InChI=1S/C66H88FN5O22/c1-39-55(85-35-43-23-13-8-14-24-43)60(86-36-44-25-15-9-16-26-44)61(87-37-45-27-17-10-18-28-45)64(88-39)92-58-51(71-41(3)75)62(84-30-20-6-5-19-29-69-72-68)90-49(38-83-34-42-21-11-7-12-22-42)56(58)91-63-54(80)59(53(79)48(32-67)89-63)94-66(65(81)82-4)31-46(76)50(70-40(2)74)57(93-66)52(78)47(77)33-73/h7-18,21-28,39,46-64,73,76-80H,5-6,19-20,29-38H2,1-4H3,(H,70,74)(H,71,75)/t39-,46-,47+,48+,49+,50+,51+,52+,53-,54+,55+,56+,57+,58+,59-,60+,61-,62+,63-,64-,66-/m0/s1. The van der Waals surface area contributed by atoms with E-state index in [0.29, 0.717) is 32.2 Å². The van der Waals surface area contributed by atoms with E-state index in [-0.39, 0.29) is 39.6 Å². The highest BCUT2D eigenvalue weighted by Crippen LogP contribution is 2.41. The fourth-order valence-corrected chi connectivity index (χ4v) is 11.8. The molecule has 0 spiro atoms. The smallest absolute Gasteiger partial charge is 0.366 e. The first kappa shape index (κ1) is 73.6. The number of nitrogens with one attached hydrogen (secondary N) is 2. The Bertz CT molecular complexity index is 2960. The van der Waals surface area contributed by atoms with Crippen LogP contribution in [0, 0.1) is 0 Å². The Morgan fingerprint density at radius 2 is 1.18 bits per heavy atom. The lowest BCUT2D eigenvalue weighted by Gasteiger charge is -2.52. The molecular formula is C66H88FN5O22. The summed E-state index contributed by atoms with van der Waals surface area (Å²) in [6, 6.07) is 34.5. The maximum Gasteiger partial charge on any atom is 0.366 e. The molecule has 0 aromatic heterocycles. The van der Waals surface area contributed by atoms with Crippen LogP contribution in [0.5, 0.6) is 0 Å². The number of halogens is 1. The average Bonchev–Trinajstić information content (AvgIpc) is 0.759. The molecule has 0 aliphatic carbocycles. The van der Waals surface area contributed by atoms with Crippen LogP contribution in [0.15, 0.2) is 126 Å². The minimum absolute atomic E-state index is 0.00699. The summed E-state index contributed by atoms with van der Waals surface area (Å²) < 4.78 is 101. The topological polar surface area (TPSA) is 365 Å². The summed E-state index contributed by atoms with van der Waals surface area (Å²) in [5.41, 5.74) is 12.0. The molecule has 21 atom stereocenters. The van der Waals surface area contributed by atoms with Crippen molar-refractivity contribution in [1.29, 1.82) is 0 Å². The molecule has 0 radical (unpaired) electrons. The van der Waals surface area contributed by atoms with Crippen LogP contribution in [0.1, 0.15) is 75.1 Å². The van der Waals surface area contributed by atoms with Crippen molar-refractivity contribution >= 4 is 17.8 Å². The molecule has 8 rings (SSSR count). The minimum Gasteiger partial charge on any atom is -0.465 e. The third-order valence-corrected chi connectivity index (χ3v) is 16.6. The number of unbranched alkanes of at least 4 members (excludes halogenated alkanes) is 3. The van der Waals surface area contributed by atoms with Crippen LogP contribution in [0.3, 0.4) is 0 Å². The van der Waals surface area contributed by atoms with Crippen LogP contribution < -0.4 is 10.6 Å². The van der Waals surface area contributed by atoms with Gasteiger partial charge in [0.05, 0.1) is 65.0 Å². The number of benzene rings is 4. The maximum absolute atomic E-state index is 15.6. The maximum atomic E-state index is 15.6. The van der Waals surface area contributed by atoms with Crippen LogP contribution in [0.25, 0.3) is 10.4 Å². The number of hydrogen-bond donors (Lipinski definition) is 8. The van der Waals surface area contributed by atoms with E-state index in [1.165, 1.54) is 6.92 Å². The van der Waals surface area contributed by atoms with Crippen LogP contribution in [0.4, 0.5) is 4.39 Å². The molecule has 28 heteroatoms. The number of aliphatic hydroxyl groups is 6. The molecule has 4 aromatic carbocycles. The molecule has 0 bridgehead atoms. The van der Waals surface area contributed by atoms with E-state index in [0.717, 1.165) is 36.3 Å². The molecule has 2 amide bonds. The molecule has 4 fully saturated rings. The van der Waals surface area contributed by atoms with Crippen LogP contribution in [-0.2, 0) is 102 Å². The summed E-state index contributed by atoms with van der Waals surface area (Å²) in [5.74, 6) is -5.70. The molecule has 0 saturated carbocycles. The van der Waals surface area contributed by atoms with Gasteiger partial charge in [-0.3, -0.25) is 9.59 Å². The number of alkyl halides is 1. The van der Waals surface area contributed by atoms with Crippen LogP contribution in [0.2, 0.25) is 0 Å². The summed E-state index contributed by atoms with van der Waals surface area (Å²) in [6.07, 6.45) is -28.4. The number of hydrogen-bond acceptors (Lipinski definition) is 23. The van der Waals surface area contributed by atoms with Crippen molar-refractivity contribution in [3.8, 4) is 0 Å². The van der Waals surface area contributed by atoms with Gasteiger partial charge in [-0.1, -0.05) is 139 Å². The van der Waals surface area contributed by atoms with Gasteiger partial charge in [-0.25, -0.2) is 9.18 Å². The zero-order chi connectivity index (χ0) is 67.2. The SMILES string of the molecule is COC(=O)[C@@]1(O[C@H]2[C@@H](O)[C@@H](CF)O[C@@H](O[C@H]3[C@H](O[C@@H]4O[C@@H](C)[C@@H](OCc5ccccc5)[C@@H](OCc5ccccc5)[C@@H]4OCc4ccccc4)[C@@H](NC(C)=O)[C@H](OCCCCCCN=[N+]=[N-])O[C@@H]3COCc3ccccc3)[C@@H]2O)C[C@H](O)[C@@H](NC(C)=O)[C@H]([C@H](O)[C@H](O)CO)O1. The van der Waals surface area contributed by atoms with E-state index < -0.39 is 166 Å². The molecule has 4 aliphatic heterocycles. The summed E-state index contributed by atoms with van der Waals surface area (Å²) in [6.45, 7) is 1.83. The largest absolute Gasteiger partial charge is 0.465 e. The Balaban J connectivity index is 1.22. The Morgan fingerprint density at radius 3 is 1.73 bits per heavy atom. The number of methoxy groups -OCH3 is 1. The minimum atomic E-state index is -2.94. The Labute approximate surface area is 544 Å². The molecule has 0 unspecified atom stereocenters. The summed E-state index contributed by atoms with van der Waals surface area (Å²) in [7, 11) is 0.911. The first-order chi connectivity index (χ1) is 45.5. The van der Waals surface area contributed by atoms with E-state index in [2.05, 4.69) is 20.7 Å². The lowest BCUT2D eigenvalue weighted by atomic mass is 9.88. The first-order valence-corrected chi connectivity index (χ1v) is 31.5. The van der Waals surface area contributed by atoms with Gasteiger partial charge in [0.2, 0.25) is 11.8 Å². The van der Waals surface area contributed by atoms with Crippen LogP contribution >= 0.6 is 0 Å². The normalized spacial score (nSPS) is 31.7.